The highest BCUT2D eigenvalue weighted by Crippen LogP contribution is 2.09. The predicted octanol–water partition coefficient (Wildman–Crippen LogP) is 2.25. The van der Waals surface area contributed by atoms with E-state index in [1.807, 2.05) is 38.1 Å². The molecule has 1 rings (SSSR count). The van der Waals surface area contributed by atoms with Gasteiger partial charge in [-0.05, 0) is 18.1 Å². The van der Waals surface area contributed by atoms with E-state index in [2.05, 4.69) is 5.32 Å². The Hall–Kier alpha value is -1.35. The summed E-state index contributed by atoms with van der Waals surface area (Å²) in [6, 6.07) is 8.01. The van der Waals surface area contributed by atoms with Gasteiger partial charge in [0.15, 0.2) is 0 Å². The molecule has 0 aliphatic carbocycles. The van der Waals surface area contributed by atoms with Crippen molar-refractivity contribution in [2.24, 2.45) is 0 Å². The minimum absolute atomic E-state index is 0.0752. The van der Waals surface area contributed by atoms with Gasteiger partial charge < -0.3 is 10.1 Å². The zero-order chi connectivity index (χ0) is 11.8. The Kier molecular flexibility index (Phi) is 5.57. The summed E-state index contributed by atoms with van der Waals surface area (Å²) in [5, 5.41) is 2.87. The lowest BCUT2D eigenvalue weighted by Gasteiger charge is -2.10. The molecule has 1 aromatic carbocycles. The highest BCUT2D eigenvalue weighted by Gasteiger charge is 2.03. The second-order valence-electron chi connectivity index (χ2n) is 3.54. The zero-order valence-corrected chi connectivity index (χ0v) is 9.95. The second kappa shape index (κ2) is 7.01. The molecule has 0 saturated heterocycles. The van der Waals surface area contributed by atoms with Crippen LogP contribution in [-0.4, -0.2) is 12.5 Å². The van der Waals surface area contributed by atoms with Crippen LogP contribution in [0, 0.1) is 0 Å². The molecule has 0 saturated carbocycles. The fraction of sp³-hybridized carbons (Fsp3) is 0.462. The Balaban J connectivity index is 2.59. The van der Waals surface area contributed by atoms with Crippen LogP contribution in [0.25, 0.3) is 0 Å². The molecule has 0 atom stereocenters. The van der Waals surface area contributed by atoms with E-state index in [1.165, 1.54) is 0 Å². The van der Waals surface area contributed by atoms with Gasteiger partial charge in [0.1, 0.15) is 0 Å². The summed E-state index contributed by atoms with van der Waals surface area (Å²) in [6.45, 7) is 5.71. The molecule has 0 bridgehead atoms. The van der Waals surface area contributed by atoms with Gasteiger partial charge >= 0.3 is 0 Å². The molecule has 16 heavy (non-hydrogen) atoms. The number of nitrogens with one attached hydrogen (secondary N) is 1. The Morgan fingerprint density at radius 3 is 2.56 bits per heavy atom. The van der Waals surface area contributed by atoms with Gasteiger partial charge in [0.25, 0.3) is 0 Å². The number of rotatable bonds is 6. The third kappa shape index (κ3) is 4.03. The van der Waals surface area contributed by atoms with E-state index in [9.17, 15) is 4.79 Å². The summed E-state index contributed by atoms with van der Waals surface area (Å²) in [7, 11) is 0. The molecule has 1 N–H and O–H groups in total. The first-order valence-corrected chi connectivity index (χ1v) is 5.69. The Labute approximate surface area is 96.8 Å². The third-order valence-electron chi connectivity index (χ3n) is 2.38. The summed E-state index contributed by atoms with van der Waals surface area (Å²) in [6.07, 6.45) is 0.521. The first-order valence-electron chi connectivity index (χ1n) is 5.69. The normalized spacial score (nSPS) is 10.1. The Morgan fingerprint density at radius 2 is 1.94 bits per heavy atom. The van der Waals surface area contributed by atoms with Crippen LogP contribution in [0.2, 0.25) is 0 Å². The van der Waals surface area contributed by atoms with Crippen LogP contribution >= 0.6 is 0 Å². The Bertz CT molecular complexity index is 336. The van der Waals surface area contributed by atoms with Crippen molar-refractivity contribution < 1.29 is 9.53 Å². The van der Waals surface area contributed by atoms with Crippen molar-refractivity contribution in [2.75, 3.05) is 6.61 Å². The van der Waals surface area contributed by atoms with Gasteiger partial charge in [-0.2, -0.15) is 0 Å². The van der Waals surface area contributed by atoms with Crippen molar-refractivity contribution in [3.63, 3.8) is 0 Å². The van der Waals surface area contributed by atoms with Crippen LogP contribution in [0.1, 0.15) is 31.4 Å². The number of ether oxygens (including phenoxy) is 1. The molecule has 0 aromatic heterocycles. The molecule has 0 radical (unpaired) electrons. The zero-order valence-electron chi connectivity index (χ0n) is 9.95. The lowest BCUT2D eigenvalue weighted by Crippen LogP contribution is -2.22. The Morgan fingerprint density at radius 1 is 1.25 bits per heavy atom. The summed E-state index contributed by atoms with van der Waals surface area (Å²) in [5.41, 5.74) is 2.26. The molecule has 0 unspecified atom stereocenters. The van der Waals surface area contributed by atoms with Crippen molar-refractivity contribution in [3.8, 4) is 0 Å². The molecule has 3 heteroatoms. The minimum atomic E-state index is 0.0752. The van der Waals surface area contributed by atoms with Crippen molar-refractivity contribution in [1.82, 2.24) is 5.32 Å². The summed E-state index contributed by atoms with van der Waals surface area (Å²) in [4.78, 5) is 11.2. The van der Waals surface area contributed by atoms with Crippen molar-refractivity contribution in [2.45, 2.75) is 33.4 Å². The molecule has 0 fully saturated rings. The van der Waals surface area contributed by atoms with Crippen LogP contribution in [0.15, 0.2) is 24.3 Å². The molecule has 1 aromatic rings. The van der Waals surface area contributed by atoms with E-state index in [0.29, 0.717) is 26.2 Å². The van der Waals surface area contributed by atoms with E-state index in [4.69, 9.17) is 4.74 Å². The fourth-order valence-corrected chi connectivity index (χ4v) is 1.40. The maximum atomic E-state index is 11.2. The topological polar surface area (TPSA) is 38.3 Å². The van der Waals surface area contributed by atoms with E-state index in [-0.39, 0.29) is 5.91 Å². The van der Waals surface area contributed by atoms with Gasteiger partial charge in [0.2, 0.25) is 5.91 Å². The van der Waals surface area contributed by atoms with Crippen LogP contribution in [0.5, 0.6) is 0 Å². The third-order valence-corrected chi connectivity index (χ3v) is 2.38. The number of hydrogen-bond donors (Lipinski definition) is 1. The maximum Gasteiger partial charge on any atom is 0.219 e. The number of hydrogen-bond acceptors (Lipinski definition) is 2. The van der Waals surface area contributed by atoms with Crippen molar-refractivity contribution in [3.05, 3.63) is 35.4 Å². The summed E-state index contributed by atoms with van der Waals surface area (Å²) >= 11 is 0. The maximum absolute atomic E-state index is 11.2. The van der Waals surface area contributed by atoms with Gasteiger partial charge in [-0.1, -0.05) is 31.2 Å². The SMILES string of the molecule is CCOCc1ccccc1CNC(=O)CC. The van der Waals surface area contributed by atoms with Gasteiger partial charge in [-0.3, -0.25) is 4.79 Å². The molecule has 0 aliphatic heterocycles. The second-order valence-corrected chi connectivity index (χ2v) is 3.54. The van der Waals surface area contributed by atoms with E-state index >= 15 is 0 Å². The molecular weight excluding hydrogens is 202 g/mol. The van der Waals surface area contributed by atoms with Gasteiger partial charge in [0, 0.05) is 19.6 Å². The molecular formula is C13H19NO2. The summed E-state index contributed by atoms with van der Waals surface area (Å²) < 4.78 is 5.38. The van der Waals surface area contributed by atoms with E-state index < -0.39 is 0 Å². The fourth-order valence-electron chi connectivity index (χ4n) is 1.40. The lowest BCUT2D eigenvalue weighted by atomic mass is 10.1. The quantitative estimate of drug-likeness (QED) is 0.800. The number of benzene rings is 1. The lowest BCUT2D eigenvalue weighted by molar-refractivity contribution is -0.120. The molecule has 0 spiro atoms. The average Bonchev–Trinajstić information content (AvgIpc) is 2.34. The number of amides is 1. The highest BCUT2D eigenvalue weighted by molar-refractivity contribution is 5.75. The molecule has 1 amide bonds. The van der Waals surface area contributed by atoms with Crippen molar-refractivity contribution >= 4 is 5.91 Å². The van der Waals surface area contributed by atoms with Crippen LogP contribution in [-0.2, 0) is 22.7 Å². The average molecular weight is 221 g/mol. The van der Waals surface area contributed by atoms with Crippen LogP contribution in [0.4, 0.5) is 0 Å². The summed E-state index contributed by atoms with van der Waals surface area (Å²) in [5.74, 6) is 0.0752. The van der Waals surface area contributed by atoms with Gasteiger partial charge in [0.05, 0.1) is 6.61 Å². The first kappa shape index (κ1) is 12.7. The van der Waals surface area contributed by atoms with Crippen molar-refractivity contribution in [1.29, 1.82) is 0 Å². The van der Waals surface area contributed by atoms with Gasteiger partial charge in [-0.25, -0.2) is 0 Å². The molecule has 0 aliphatic rings. The largest absolute Gasteiger partial charge is 0.377 e. The highest BCUT2D eigenvalue weighted by atomic mass is 16.5. The first-order chi connectivity index (χ1) is 7.77. The van der Waals surface area contributed by atoms with Crippen LogP contribution in [0.3, 0.4) is 0 Å². The number of carbonyl (C=O) groups excluding carboxylic acids is 1. The smallest absolute Gasteiger partial charge is 0.219 e. The van der Waals surface area contributed by atoms with Gasteiger partial charge in [-0.15, -0.1) is 0 Å². The minimum Gasteiger partial charge on any atom is -0.377 e. The van der Waals surface area contributed by atoms with E-state index in [1.54, 1.807) is 0 Å². The molecule has 0 heterocycles. The van der Waals surface area contributed by atoms with Crippen LogP contribution < -0.4 is 5.32 Å². The molecule has 88 valence electrons. The molecule has 3 nitrogen and oxygen atoms in total. The van der Waals surface area contributed by atoms with E-state index in [0.717, 1.165) is 11.1 Å². The predicted molar refractivity (Wildman–Crippen MR) is 63.9 cm³/mol. The monoisotopic (exact) mass is 221 g/mol. The number of carbonyl (C=O) groups is 1. The standard InChI is InChI=1S/C13H19NO2/c1-3-13(15)14-9-11-7-5-6-8-12(11)10-16-4-2/h5-8H,3-4,9-10H2,1-2H3,(H,14,15).